The molecule has 0 saturated heterocycles. The lowest BCUT2D eigenvalue weighted by Gasteiger charge is -2.21. The Morgan fingerprint density at radius 1 is 1.14 bits per heavy atom. The summed E-state index contributed by atoms with van der Waals surface area (Å²) in [6.07, 6.45) is 5.21. The maximum atomic E-state index is 6.09. The zero-order valence-electron chi connectivity index (χ0n) is 13.0. The molecule has 0 atom stereocenters. The normalized spacial score (nSPS) is 11.8. The number of aromatic nitrogens is 2. The Morgan fingerprint density at radius 3 is 2.57 bits per heavy atom. The van der Waals surface area contributed by atoms with Crippen molar-refractivity contribution in [2.45, 2.75) is 33.1 Å². The first-order valence-corrected chi connectivity index (χ1v) is 10.4. The molecule has 0 unspecified atom stereocenters. The summed E-state index contributed by atoms with van der Waals surface area (Å²) in [5.74, 6) is 0.934. The highest BCUT2D eigenvalue weighted by atomic mass is 28.4. The lowest BCUT2D eigenvalue weighted by molar-refractivity contribution is 0.549. The molecule has 1 heterocycles. The molecule has 1 aromatic carbocycles. The second-order valence-corrected chi connectivity index (χ2v) is 10.3. The standard InChI is InChI=1S/C16H21N3OSi/c1-13-9-19-15(12-18-13)11-17-10-14-7-5-6-8-16(14)20-21(2,3)4/h5-9,11-12H,10H2,1-4H3/b17-11-. The second kappa shape index (κ2) is 6.63. The van der Waals surface area contributed by atoms with Gasteiger partial charge in [-0.25, -0.2) is 0 Å². The third kappa shape index (κ3) is 5.11. The summed E-state index contributed by atoms with van der Waals surface area (Å²) in [7, 11) is -1.61. The Hall–Kier alpha value is -2.01. The van der Waals surface area contributed by atoms with Crippen LogP contribution in [0, 0.1) is 6.92 Å². The summed E-state index contributed by atoms with van der Waals surface area (Å²) in [6.45, 7) is 9.02. The number of hydrogen-bond donors (Lipinski definition) is 0. The van der Waals surface area contributed by atoms with E-state index in [1.54, 1.807) is 18.6 Å². The van der Waals surface area contributed by atoms with Gasteiger partial charge < -0.3 is 4.43 Å². The van der Waals surface area contributed by atoms with Gasteiger partial charge in [0.15, 0.2) is 0 Å². The van der Waals surface area contributed by atoms with E-state index in [1.807, 2.05) is 31.2 Å². The number of nitrogens with zero attached hydrogens (tertiary/aromatic N) is 3. The number of rotatable bonds is 5. The predicted molar refractivity (Wildman–Crippen MR) is 88.5 cm³/mol. The van der Waals surface area contributed by atoms with E-state index < -0.39 is 8.32 Å². The lowest BCUT2D eigenvalue weighted by atomic mass is 10.2. The molecule has 0 spiro atoms. The van der Waals surface area contributed by atoms with Crippen LogP contribution in [0.1, 0.15) is 17.0 Å². The van der Waals surface area contributed by atoms with Gasteiger partial charge in [0.1, 0.15) is 5.75 Å². The van der Waals surface area contributed by atoms with Crippen LogP contribution in [0.5, 0.6) is 5.75 Å². The lowest BCUT2D eigenvalue weighted by Crippen LogP contribution is -2.29. The van der Waals surface area contributed by atoms with Gasteiger partial charge in [-0.15, -0.1) is 0 Å². The highest BCUT2D eigenvalue weighted by Crippen LogP contribution is 2.22. The summed E-state index contributed by atoms with van der Waals surface area (Å²) < 4.78 is 6.09. The molecule has 0 aliphatic carbocycles. The monoisotopic (exact) mass is 299 g/mol. The molecule has 110 valence electrons. The van der Waals surface area contributed by atoms with Crippen molar-refractivity contribution in [1.29, 1.82) is 0 Å². The van der Waals surface area contributed by atoms with Crippen molar-refractivity contribution < 1.29 is 4.43 Å². The minimum Gasteiger partial charge on any atom is -0.544 e. The van der Waals surface area contributed by atoms with Gasteiger partial charge >= 0.3 is 0 Å². The fraction of sp³-hybridized carbons (Fsp3) is 0.312. The molecular formula is C16H21N3OSi. The van der Waals surface area contributed by atoms with E-state index in [0.717, 1.165) is 22.7 Å². The fourth-order valence-corrected chi connectivity index (χ4v) is 2.63. The Labute approximate surface area is 127 Å². The summed E-state index contributed by atoms with van der Waals surface area (Å²) in [4.78, 5) is 12.9. The van der Waals surface area contributed by atoms with Crippen LogP contribution in [0.25, 0.3) is 0 Å². The molecule has 0 radical (unpaired) electrons. The van der Waals surface area contributed by atoms with Gasteiger partial charge in [0, 0.05) is 18.0 Å². The smallest absolute Gasteiger partial charge is 0.242 e. The average molecular weight is 299 g/mol. The minimum absolute atomic E-state index is 0.580. The quantitative estimate of drug-likeness (QED) is 0.626. The van der Waals surface area contributed by atoms with Crippen molar-refractivity contribution >= 4 is 14.5 Å². The molecule has 0 saturated carbocycles. The van der Waals surface area contributed by atoms with E-state index in [-0.39, 0.29) is 0 Å². The largest absolute Gasteiger partial charge is 0.544 e. The second-order valence-electron chi connectivity index (χ2n) is 5.87. The first-order chi connectivity index (χ1) is 9.94. The molecule has 21 heavy (non-hydrogen) atoms. The van der Waals surface area contributed by atoms with E-state index in [9.17, 15) is 0 Å². The van der Waals surface area contributed by atoms with Gasteiger partial charge in [-0.2, -0.15) is 0 Å². The van der Waals surface area contributed by atoms with E-state index in [4.69, 9.17) is 4.43 Å². The Balaban J connectivity index is 2.07. The summed E-state index contributed by atoms with van der Waals surface area (Å²) >= 11 is 0. The molecule has 4 nitrogen and oxygen atoms in total. The van der Waals surface area contributed by atoms with E-state index in [2.05, 4.69) is 34.6 Å². The van der Waals surface area contributed by atoms with Crippen LogP contribution in [-0.2, 0) is 6.54 Å². The van der Waals surface area contributed by atoms with Crippen molar-refractivity contribution in [3.63, 3.8) is 0 Å². The first kappa shape index (κ1) is 15.4. The minimum atomic E-state index is -1.61. The van der Waals surface area contributed by atoms with Crippen LogP contribution in [-0.4, -0.2) is 24.5 Å². The molecule has 0 bridgehead atoms. The van der Waals surface area contributed by atoms with E-state index in [0.29, 0.717) is 6.54 Å². The van der Waals surface area contributed by atoms with E-state index in [1.165, 1.54) is 0 Å². The highest BCUT2D eigenvalue weighted by Gasteiger charge is 2.17. The van der Waals surface area contributed by atoms with Crippen molar-refractivity contribution in [3.8, 4) is 5.75 Å². The Kier molecular flexibility index (Phi) is 4.85. The molecule has 0 aliphatic rings. The zero-order valence-corrected chi connectivity index (χ0v) is 14.0. The summed E-state index contributed by atoms with van der Waals surface area (Å²) in [5.41, 5.74) is 2.77. The van der Waals surface area contributed by atoms with Crippen molar-refractivity contribution in [1.82, 2.24) is 9.97 Å². The molecule has 0 N–H and O–H groups in total. The van der Waals surface area contributed by atoms with Crippen molar-refractivity contribution in [2.24, 2.45) is 4.99 Å². The van der Waals surface area contributed by atoms with Crippen molar-refractivity contribution in [3.05, 3.63) is 53.6 Å². The van der Waals surface area contributed by atoms with Crippen LogP contribution >= 0.6 is 0 Å². The summed E-state index contributed by atoms with van der Waals surface area (Å²) in [6, 6.07) is 8.06. The number of benzene rings is 1. The van der Waals surface area contributed by atoms with Crippen LogP contribution in [0.4, 0.5) is 0 Å². The molecule has 2 aromatic rings. The Bertz CT molecular complexity index is 618. The SMILES string of the molecule is Cc1cnc(/C=N\Cc2ccccc2O[Si](C)(C)C)cn1. The predicted octanol–water partition coefficient (Wildman–Crippen LogP) is 3.62. The number of aryl methyl sites for hydroxylation is 1. The van der Waals surface area contributed by atoms with Gasteiger partial charge in [-0.1, -0.05) is 18.2 Å². The molecule has 0 aliphatic heterocycles. The fourth-order valence-electron chi connectivity index (χ4n) is 1.77. The number of para-hydroxylation sites is 1. The van der Waals surface area contributed by atoms with E-state index >= 15 is 0 Å². The third-order valence-electron chi connectivity index (χ3n) is 2.67. The van der Waals surface area contributed by atoms with Crippen molar-refractivity contribution in [2.75, 3.05) is 0 Å². The van der Waals surface area contributed by atoms with Crippen LogP contribution in [0.15, 0.2) is 41.7 Å². The topological polar surface area (TPSA) is 47.4 Å². The zero-order chi connectivity index (χ0) is 15.3. The summed E-state index contributed by atoms with van der Waals surface area (Å²) in [5, 5.41) is 0. The van der Waals surface area contributed by atoms with Gasteiger partial charge in [-0.3, -0.25) is 15.0 Å². The molecule has 1 aromatic heterocycles. The highest BCUT2D eigenvalue weighted by molar-refractivity contribution is 6.70. The van der Waals surface area contributed by atoms with Gasteiger partial charge in [0.2, 0.25) is 8.32 Å². The number of aliphatic imine (C=N–C) groups is 1. The van der Waals surface area contributed by atoms with Crippen LogP contribution < -0.4 is 4.43 Å². The molecule has 0 fully saturated rings. The third-order valence-corrected chi connectivity index (χ3v) is 3.51. The first-order valence-electron chi connectivity index (χ1n) is 6.99. The average Bonchev–Trinajstić information content (AvgIpc) is 2.41. The molecular weight excluding hydrogens is 278 g/mol. The maximum Gasteiger partial charge on any atom is 0.242 e. The van der Waals surface area contributed by atoms with Crippen LogP contribution in [0.3, 0.4) is 0 Å². The molecule has 0 amide bonds. The number of hydrogen-bond acceptors (Lipinski definition) is 4. The maximum absolute atomic E-state index is 6.09. The van der Waals surface area contributed by atoms with Crippen LogP contribution in [0.2, 0.25) is 19.6 Å². The Morgan fingerprint density at radius 2 is 1.90 bits per heavy atom. The van der Waals surface area contributed by atoms with Gasteiger partial charge in [0.25, 0.3) is 0 Å². The molecule has 2 rings (SSSR count). The molecule has 5 heteroatoms. The van der Waals surface area contributed by atoms with Gasteiger partial charge in [0.05, 0.1) is 24.1 Å². The van der Waals surface area contributed by atoms with Gasteiger partial charge in [-0.05, 0) is 32.6 Å².